The van der Waals surface area contributed by atoms with Crippen molar-refractivity contribution in [1.82, 2.24) is 14.8 Å². The van der Waals surface area contributed by atoms with Crippen molar-refractivity contribution >= 4 is 11.9 Å². The molecule has 1 atom stereocenters. The van der Waals surface area contributed by atoms with Crippen LogP contribution in [-0.4, -0.2) is 34.4 Å². The van der Waals surface area contributed by atoms with Crippen LogP contribution < -0.4 is 14.8 Å². The Labute approximate surface area is 121 Å². The smallest absolute Gasteiger partial charge is 0.229 e. The number of ether oxygens (including phenoxy) is 2. The molecule has 110 valence electrons. The fraction of sp³-hybridized carbons (Fsp3) is 0.357. The number of fused-ring (bicyclic) bond motifs is 1. The van der Waals surface area contributed by atoms with Gasteiger partial charge in [0.15, 0.2) is 11.5 Å². The summed E-state index contributed by atoms with van der Waals surface area (Å²) in [6.07, 6.45) is 1.75. The first kappa shape index (κ1) is 13.4. The van der Waals surface area contributed by atoms with Gasteiger partial charge in [0.05, 0.1) is 26.2 Å². The van der Waals surface area contributed by atoms with Crippen LogP contribution in [-0.2, 0) is 4.79 Å². The molecule has 3 rings (SSSR count). The Morgan fingerprint density at radius 2 is 2.29 bits per heavy atom. The highest BCUT2D eigenvalue weighted by molar-refractivity contribution is 5.91. The van der Waals surface area contributed by atoms with E-state index < -0.39 is 0 Å². The van der Waals surface area contributed by atoms with Gasteiger partial charge in [0.1, 0.15) is 6.33 Å². The van der Waals surface area contributed by atoms with Crippen molar-refractivity contribution in [3.05, 3.63) is 30.1 Å². The molecule has 1 N–H and O–H groups in total. The van der Waals surface area contributed by atoms with Crippen LogP contribution in [0.15, 0.2) is 24.5 Å². The molecule has 0 bridgehead atoms. The number of hydrogen-bond donors (Lipinski definition) is 1. The maximum Gasteiger partial charge on any atom is 0.229 e. The van der Waals surface area contributed by atoms with E-state index >= 15 is 0 Å². The molecule has 1 amide bonds. The molecule has 0 saturated carbocycles. The van der Waals surface area contributed by atoms with Gasteiger partial charge >= 0.3 is 0 Å². The number of rotatable bonds is 4. The van der Waals surface area contributed by atoms with Crippen molar-refractivity contribution in [2.45, 2.75) is 19.4 Å². The second-order valence-electron chi connectivity index (χ2n) is 4.64. The summed E-state index contributed by atoms with van der Waals surface area (Å²) in [4.78, 5) is 15.8. The third-order valence-corrected chi connectivity index (χ3v) is 3.37. The third kappa shape index (κ3) is 2.42. The number of methoxy groups -OCH3 is 1. The SMILES string of the molecule is CCOc1cc([C@H]2CC(=O)Nc3ncnn32)ccc1OC. The van der Waals surface area contributed by atoms with Crippen molar-refractivity contribution in [3.63, 3.8) is 0 Å². The van der Waals surface area contributed by atoms with Crippen LogP contribution in [0, 0.1) is 0 Å². The fourth-order valence-corrected chi connectivity index (χ4v) is 2.43. The second kappa shape index (κ2) is 5.43. The van der Waals surface area contributed by atoms with Gasteiger partial charge in [-0.2, -0.15) is 10.1 Å². The molecule has 0 aliphatic carbocycles. The van der Waals surface area contributed by atoms with Gasteiger partial charge in [-0.1, -0.05) is 6.07 Å². The molecule has 2 heterocycles. The Kier molecular flexibility index (Phi) is 3.47. The third-order valence-electron chi connectivity index (χ3n) is 3.37. The number of carbonyl (C=O) groups is 1. The first-order valence-corrected chi connectivity index (χ1v) is 6.73. The summed E-state index contributed by atoms with van der Waals surface area (Å²) in [5, 5.41) is 6.88. The Balaban J connectivity index is 2.01. The van der Waals surface area contributed by atoms with Gasteiger partial charge in [0.2, 0.25) is 11.9 Å². The maximum absolute atomic E-state index is 11.8. The topological polar surface area (TPSA) is 78.3 Å². The lowest BCUT2D eigenvalue weighted by Crippen LogP contribution is -2.29. The van der Waals surface area contributed by atoms with E-state index in [1.807, 2.05) is 25.1 Å². The van der Waals surface area contributed by atoms with Crippen LogP contribution in [0.3, 0.4) is 0 Å². The monoisotopic (exact) mass is 288 g/mol. The highest BCUT2D eigenvalue weighted by atomic mass is 16.5. The molecule has 1 aromatic heterocycles. The standard InChI is InChI=1S/C14H16N4O3/c1-3-21-12-6-9(4-5-11(12)20-2)10-7-13(19)17-14-15-8-16-18(10)14/h4-6,8,10H,3,7H2,1-2H3,(H,15,16,17,19)/t10-/m1/s1. The molecule has 1 aromatic carbocycles. The number of carbonyl (C=O) groups excluding carboxylic acids is 1. The van der Waals surface area contributed by atoms with Gasteiger partial charge in [0, 0.05) is 0 Å². The largest absolute Gasteiger partial charge is 0.493 e. The number of nitrogens with zero attached hydrogens (tertiary/aromatic N) is 3. The van der Waals surface area contributed by atoms with E-state index in [1.165, 1.54) is 6.33 Å². The van der Waals surface area contributed by atoms with E-state index in [0.717, 1.165) is 5.56 Å². The van der Waals surface area contributed by atoms with Crippen LogP contribution in [0.2, 0.25) is 0 Å². The zero-order valence-electron chi connectivity index (χ0n) is 11.9. The minimum Gasteiger partial charge on any atom is -0.493 e. The fourth-order valence-electron chi connectivity index (χ4n) is 2.43. The van der Waals surface area contributed by atoms with E-state index in [4.69, 9.17) is 9.47 Å². The number of amides is 1. The highest BCUT2D eigenvalue weighted by Gasteiger charge is 2.28. The number of hydrogen-bond acceptors (Lipinski definition) is 5. The molecule has 0 fully saturated rings. The molecule has 7 heteroatoms. The molecule has 2 aromatic rings. The zero-order chi connectivity index (χ0) is 14.8. The van der Waals surface area contributed by atoms with Crippen molar-refractivity contribution in [2.75, 3.05) is 19.0 Å². The van der Waals surface area contributed by atoms with Crippen molar-refractivity contribution in [1.29, 1.82) is 0 Å². The summed E-state index contributed by atoms with van der Waals surface area (Å²) < 4.78 is 12.6. The number of benzene rings is 1. The summed E-state index contributed by atoms with van der Waals surface area (Å²) in [6, 6.07) is 5.44. The quantitative estimate of drug-likeness (QED) is 0.925. The number of aromatic nitrogens is 3. The normalized spacial score (nSPS) is 17.0. The Morgan fingerprint density at radius 1 is 1.43 bits per heavy atom. The molecule has 21 heavy (non-hydrogen) atoms. The Hall–Kier alpha value is -2.57. The number of anilines is 1. The molecule has 0 radical (unpaired) electrons. The molecular weight excluding hydrogens is 272 g/mol. The van der Waals surface area contributed by atoms with Crippen LogP contribution in [0.25, 0.3) is 0 Å². The summed E-state index contributed by atoms with van der Waals surface area (Å²) in [5.41, 5.74) is 0.931. The van der Waals surface area contributed by atoms with E-state index in [-0.39, 0.29) is 11.9 Å². The summed E-state index contributed by atoms with van der Waals surface area (Å²) >= 11 is 0. The summed E-state index contributed by atoms with van der Waals surface area (Å²) in [6.45, 7) is 2.45. The van der Waals surface area contributed by atoms with Crippen molar-refractivity contribution < 1.29 is 14.3 Å². The van der Waals surface area contributed by atoms with Crippen LogP contribution in [0.5, 0.6) is 11.5 Å². The Bertz CT molecular complexity index is 668. The van der Waals surface area contributed by atoms with E-state index in [0.29, 0.717) is 30.5 Å². The van der Waals surface area contributed by atoms with E-state index in [1.54, 1.807) is 11.8 Å². The molecular formula is C14H16N4O3. The highest BCUT2D eigenvalue weighted by Crippen LogP contribution is 2.34. The molecule has 1 aliphatic rings. The van der Waals surface area contributed by atoms with Gasteiger partial charge < -0.3 is 9.47 Å². The zero-order valence-corrected chi connectivity index (χ0v) is 11.9. The summed E-state index contributed by atoms with van der Waals surface area (Å²) in [7, 11) is 1.60. The first-order valence-electron chi connectivity index (χ1n) is 6.73. The average Bonchev–Trinajstić information content (AvgIpc) is 2.94. The molecule has 7 nitrogen and oxygen atoms in total. The molecule has 0 saturated heterocycles. The van der Waals surface area contributed by atoms with Crippen LogP contribution in [0.4, 0.5) is 5.95 Å². The maximum atomic E-state index is 11.8. The average molecular weight is 288 g/mol. The minimum atomic E-state index is -0.193. The predicted octanol–water partition coefficient (Wildman–Crippen LogP) is 1.62. The van der Waals surface area contributed by atoms with Gasteiger partial charge in [-0.25, -0.2) is 4.68 Å². The van der Waals surface area contributed by atoms with Crippen molar-refractivity contribution in [2.24, 2.45) is 0 Å². The lowest BCUT2D eigenvalue weighted by Gasteiger charge is -2.24. The van der Waals surface area contributed by atoms with Gasteiger partial charge in [-0.15, -0.1) is 0 Å². The predicted molar refractivity (Wildman–Crippen MR) is 75.6 cm³/mol. The van der Waals surface area contributed by atoms with E-state index in [9.17, 15) is 4.79 Å². The molecule has 1 aliphatic heterocycles. The van der Waals surface area contributed by atoms with Gasteiger partial charge in [-0.3, -0.25) is 10.1 Å². The van der Waals surface area contributed by atoms with Crippen LogP contribution in [0.1, 0.15) is 24.9 Å². The molecule has 0 spiro atoms. The first-order chi connectivity index (χ1) is 10.2. The van der Waals surface area contributed by atoms with Gasteiger partial charge in [0.25, 0.3) is 0 Å². The molecule has 0 unspecified atom stereocenters. The van der Waals surface area contributed by atoms with Crippen LogP contribution >= 0.6 is 0 Å². The number of nitrogens with one attached hydrogen (secondary N) is 1. The van der Waals surface area contributed by atoms with E-state index in [2.05, 4.69) is 15.4 Å². The lowest BCUT2D eigenvalue weighted by molar-refractivity contribution is -0.117. The Morgan fingerprint density at radius 3 is 3.05 bits per heavy atom. The van der Waals surface area contributed by atoms with Gasteiger partial charge in [-0.05, 0) is 24.6 Å². The minimum absolute atomic E-state index is 0.0747. The van der Waals surface area contributed by atoms with Crippen molar-refractivity contribution in [3.8, 4) is 11.5 Å². The lowest BCUT2D eigenvalue weighted by atomic mass is 10.0. The second-order valence-corrected chi connectivity index (χ2v) is 4.64. The summed E-state index contributed by atoms with van der Waals surface area (Å²) in [5.74, 6) is 1.71.